The largest absolute Gasteiger partial charge is 0.467 e. The minimum Gasteiger partial charge on any atom is -0.467 e. The van der Waals surface area contributed by atoms with Crippen LogP contribution in [0.1, 0.15) is 66.0 Å². The van der Waals surface area contributed by atoms with E-state index in [1.54, 1.807) is 26.0 Å². The first-order valence-electron chi connectivity index (χ1n) is 14.9. The fourth-order valence-electron chi connectivity index (χ4n) is 4.90. The molecular weight excluding hydrogens is 692 g/mol. The summed E-state index contributed by atoms with van der Waals surface area (Å²) in [6.07, 6.45) is 1.49. The van der Waals surface area contributed by atoms with Gasteiger partial charge in [-0.1, -0.05) is 11.6 Å². The number of primary sulfonamides is 1. The van der Waals surface area contributed by atoms with E-state index in [1.165, 1.54) is 12.3 Å². The lowest BCUT2D eigenvalue weighted by Crippen LogP contribution is -2.33. The molecule has 13 nitrogen and oxygen atoms in total. The van der Waals surface area contributed by atoms with Gasteiger partial charge in [-0.05, 0) is 56.7 Å². The number of hydrogen-bond donors (Lipinski definition) is 3. The van der Waals surface area contributed by atoms with Crippen LogP contribution in [-0.2, 0) is 40.4 Å². The van der Waals surface area contributed by atoms with Gasteiger partial charge in [0.1, 0.15) is 34.4 Å². The summed E-state index contributed by atoms with van der Waals surface area (Å²) in [7, 11) is -4.25. The van der Waals surface area contributed by atoms with Crippen LogP contribution < -0.4 is 15.8 Å². The Morgan fingerprint density at radius 2 is 1.61 bits per heavy atom. The molecule has 264 valence electrons. The van der Waals surface area contributed by atoms with Crippen molar-refractivity contribution in [2.45, 2.75) is 62.0 Å². The summed E-state index contributed by atoms with van der Waals surface area (Å²) in [5.74, 6) is -3.88. The molecule has 1 aliphatic rings. The van der Waals surface area contributed by atoms with Crippen LogP contribution in [0.15, 0.2) is 58.0 Å². The fraction of sp³-hybridized carbons (Fsp3) is 0.375. The van der Waals surface area contributed by atoms with E-state index in [2.05, 4.69) is 10.6 Å². The number of halogens is 3. The summed E-state index contributed by atoms with van der Waals surface area (Å²) in [6.45, 7) is 2.88. The summed E-state index contributed by atoms with van der Waals surface area (Å²) in [5.41, 5.74) is -2.28. The number of rotatable bonds is 17. The van der Waals surface area contributed by atoms with Gasteiger partial charge in [0.05, 0.1) is 47.8 Å². The standard InChI is InChI=1S/C32H34ClF2N3O10S/c1-31(32(2,38-31)29(41)19-12-20(34)14-21(35)13-19)18-48-28(40)8-3-7-27(39)46-10-5-11-47-30(42)23-15-26(49(36,43)44)24(33)16-25(23)37-17-22-6-4-9-45-22/h4,6,9,12-16,37-38H,3,5,7-8,10-11,17-18H2,1-2H3,(H2,36,43,44). The summed E-state index contributed by atoms with van der Waals surface area (Å²) in [5, 5.41) is 10.9. The average Bonchev–Trinajstić information content (AvgIpc) is 3.31. The van der Waals surface area contributed by atoms with E-state index in [4.69, 9.17) is 35.4 Å². The number of ether oxygens (including phenoxy) is 3. The molecule has 0 aliphatic carbocycles. The predicted octanol–water partition coefficient (Wildman–Crippen LogP) is 4.28. The second-order valence-corrected chi connectivity index (χ2v) is 13.5. The number of carbonyl (C=O) groups excluding carboxylic acids is 4. The highest BCUT2D eigenvalue weighted by Crippen LogP contribution is 2.41. The van der Waals surface area contributed by atoms with E-state index in [0.717, 1.165) is 18.2 Å². The number of hydrogen-bond acceptors (Lipinski definition) is 12. The predicted molar refractivity (Wildman–Crippen MR) is 170 cm³/mol. The molecule has 17 heteroatoms. The summed E-state index contributed by atoms with van der Waals surface area (Å²) in [6, 6.07) is 8.13. The Balaban J connectivity index is 1.15. The van der Waals surface area contributed by atoms with Gasteiger partial charge in [0, 0.05) is 30.9 Å². The van der Waals surface area contributed by atoms with Gasteiger partial charge in [0.2, 0.25) is 10.0 Å². The lowest BCUT2D eigenvalue weighted by Gasteiger charge is -2.15. The van der Waals surface area contributed by atoms with Crippen LogP contribution >= 0.6 is 11.6 Å². The van der Waals surface area contributed by atoms with Crippen molar-refractivity contribution >= 4 is 51.0 Å². The van der Waals surface area contributed by atoms with Gasteiger partial charge in [-0.3, -0.25) is 19.7 Å². The van der Waals surface area contributed by atoms with E-state index in [1.807, 2.05) is 0 Å². The van der Waals surface area contributed by atoms with Crippen molar-refractivity contribution < 1.29 is 55.0 Å². The van der Waals surface area contributed by atoms with Gasteiger partial charge in [-0.2, -0.15) is 0 Å². The molecule has 2 heterocycles. The van der Waals surface area contributed by atoms with Crippen molar-refractivity contribution in [1.82, 2.24) is 5.32 Å². The van der Waals surface area contributed by atoms with Crippen LogP contribution in [0.3, 0.4) is 0 Å². The monoisotopic (exact) mass is 725 g/mol. The molecule has 0 bridgehead atoms. The van der Waals surface area contributed by atoms with Crippen LogP contribution in [0.2, 0.25) is 5.02 Å². The summed E-state index contributed by atoms with van der Waals surface area (Å²) < 4.78 is 71.9. The minimum absolute atomic E-state index is 0.0996. The Morgan fingerprint density at radius 1 is 0.959 bits per heavy atom. The molecule has 1 fully saturated rings. The molecule has 1 aromatic heterocycles. The third-order valence-corrected chi connectivity index (χ3v) is 9.22. The zero-order chi connectivity index (χ0) is 36.0. The maximum Gasteiger partial charge on any atom is 0.340 e. The third kappa shape index (κ3) is 9.62. The van der Waals surface area contributed by atoms with Gasteiger partial charge in [-0.25, -0.2) is 27.1 Å². The minimum atomic E-state index is -4.25. The number of benzene rings is 2. The molecule has 4 N–H and O–H groups in total. The first kappa shape index (κ1) is 37.4. The maximum atomic E-state index is 13.6. The number of carbonyl (C=O) groups is 4. The highest BCUT2D eigenvalue weighted by Gasteiger charge is 2.66. The Hall–Kier alpha value is -4.38. The molecule has 1 aliphatic heterocycles. The SMILES string of the molecule is CC1(COC(=O)CCCC(=O)OCCCOC(=O)c2cc(S(N)(=O)=O)c(Cl)cc2NCc2ccco2)NC1(C)C(=O)c1cc(F)cc(F)c1. The van der Waals surface area contributed by atoms with Gasteiger partial charge in [0.15, 0.2) is 5.78 Å². The molecule has 1 saturated heterocycles. The maximum absolute atomic E-state index is 13.6. The van der Waals surface area contributed by atoms with Crippen molar-refractivity contribution in [3.63, 3.8) is 0 Å². The molecule has 0 amide bonds. The van der Waals surface area contributed by atoms with Crippen molar-refractivity contribution in [2.24, 2.45) is 5.14 Å². The molecule has 0 saturated carbocycles. The first-order valence-corrected chi connectivity index (χ1v) is 16.9. The Kier molecular flexibility index (Phi) is 11.8. The number of anilines is 1. The van der Waals surface area contributed by atoms with E-state index >= 15 is 0 Å². The molecule has 0 radical (unpaired) electrons. The van der Waals surface area contributed by atoms with E-state index in [-0.39, 0.29) is 73.9 Å². The summed E-state index contributed by atoms with van der Waals surface area (Å²) >= 11 is 6.08. The smallest absolute Gasteiger partial charge is 0.340 e. The molecule has 0 spiro atoms. The zero-order valence-electron chi connectivity index (χ0n) is 26.5. The highest BCUT2D eigenvalue weighted by atomic mass is 35.5. The number of esters is 3. The van der Waals surface area contributed by atoms with Gasteiger partial charge in [0.25, 0.3) is 0 Å². The third-order valence-electron chi connectivity index (χ3n) is 7.85. The lowest BCUT2D eigenvalue weighted by atomic mass is 9.88. The molecule has 2 aromatic carbocycles. The second kappa shape index (κ2) is 15.4. The Bertz CT molecular complexity index is 1820. The van der Waals surface area contributed by atoms with Crippen LogP contribution in [0, 0.1) is 11.6 Å². The number of nitrogens with two attached hydrogens (primary N) is 1. The van der Waals surface area contributed by atoms with Crippen LogP contribution in [0.4, 0.5) is 14.5 Å². The van der Waals surface area contributed by atoms with Crippen LogP contribution in [0.5, 0.6) is 0 Å². The van der Waals surface area contributed by atoms with Crippen LogP contribution in [0.25, 0.3) is 0 Å². The molecule has 49 heavy (non-hydrogen) atoms. The van der Waals surface area contributed by atoms with Gasteiger partial charge < -0.3 is 23.9 Å². The zero-order valence-corrected chi connectivity index (χ0v) is 28.1. The molecule has 2 atom stereocenters. The summed E-state index contributed by atoms with van der Waals surface area (Å²) in [4.78, 5) is 49.6. The molecular formula is C32H34ClF2N3O10S. The van der Waals surface area contributed by atoms with Crippen molar-refractivity contribution in [3.05, 3.63) is 82.3 Å². The average molecular weight is 726 g/mol. The number of ketones is 1. The van der Waals surface area contributed by atoms with E-state index < -0.39 is 61.3 Å². The van der Waals surface area contributed by atoms with Gasteiger partial charge >= 0.3 is 17.9 Å². The Morgan fingerprint density at radius 3 is 2.24 bits per heavy atom. The van der Waals surface area contributed by atoms with Crippen molar-refractivity contribution in [1.29, 1.82) is 0 Å². The number of nitrogens with one attached hydrogen (secondary N) is 2. The molecule has 4 rings (SSSR count). The number of sulfonamides is 1. The van der Waals surface area contributed by atoms with Crippen LogP contribution in [-0.4, -0.2) is 63.0 Å². The van der Waals surface area contributed by atoms with Gasteiger partial charge in [-0.15, -0.1) is 0 Å². The first-order chi connectivity index (χ1) is 23.0. The second-order valence-electron chi connectivity index (χ2n) is 11.6. The molecule has 3 aromatic rings. The van der Waals surface area contributed by atoms with E-state index in [9.17, 15) is 36.4 Å². The number of Topliss-reactive ketones (excluding diaryl/α,β-unsaturated/α-hetero) is 1. The number of furan rings is 1. The fourth-order valence-corrected chi connectivity index (χ4v) is 6.00. The quantitative estimate of drug-likeness (QED) is 0.0587. The topological polar surface area (TPSA) is 203 Å². The molecule has 2 unspecified atom stereocenters. The van der Waals surface area contributed by atoms with E-state index in [0.29, 0.717) is 11.8 Å². The Labute approximate surface area is 285 Å². The highest BCUT2D eigenvalue weighted by molar-refractivity contribution is 7.89. The van der Waals surface area contributed by atoms with Crippen molar-refractivity contribution in [2.75, 3.05) is 25.1 Å². The van der Waals surface area contributed by atoms with Crippen molar-refractivity contribution in [3.8, 4) is 0 Å². The lowest BCUT2D eigenvalue weighted by molar-refractivity contribution is -0.146. The normalized spacial score (nSPS) is 18.4.